The summed E-state index contributed by atoms with van der Waals surface area (Å²) in [6.45, 7) is 3.23. The van der Waals surface area contributed by atoms with Gasteiger partial charge < -0.3 is 10.2 Å². The van der Waals surface area contributed by atoms with Gasteiger partial charge in [-0.3, -0.25) is 4.98 Å². The second-order valence-electron chi connectivity index (χ2n) is 6.41. The van der Waals surface area contributed by atoms with Gasteiger partial charge in [-0.05, 0) is 30.1 Å². The van der Waals surface area contributed by atoms with Crippen molar-refractivity contribution in [2.45, 2.75) is 24.0 Å². The number of allylic oxidation sites excluding steroid dienone is 4. The fraction of sp³-hybridized carbons (Fsp3) is 0.471. The van der Waals surface area contributed by atoms with Crippen LogP contribution in [0.3, 0.4) is 0 Å². The molecule has 0 saturated carbocycles. The number of fused-ring (bicyclic) bond motifs is 2. The smallest absolute Gasteiger partial charge is 0.138 e. The van der Waals surface area contributed by atoms with Crippen LogP contribution < -0.4 is 10.2 Å². The van der Waals surface area contributed by atoms with Gasteiger partial charge in [0.05, 0.1) is 17.3 Å². The summed E-state index contributed by atoms with van der Waals surface area (Å²) in [5, 5.41) is 2.96. The second kappa shape index (κ2) is 5.67. The predicted molar refractivity (Wildman–Crippen MR) is 88.0 cm³/mol. The summed E-state index contributed by atoms with van der Waals surface area (Å²) in [5.41, 5.74) is 3.08. The standard InChI is InChI=1S/C17H19ClFN3/c18-16-5-12(1-2-17(16)19)13-4-15(8-20-7-13)22-9-11-3-14(10-22)21-6-11/h1-2,4-5,7-8,11,14,16-17,21H,3,6,9-10H2. The minimum atomic E-state index is -1.11. The maximum Gasteiger partial charge on any atom is 0.138 e. The number of hydrogen-bond donors (Lipinski definition) is 1. The van der Waals surface area contributed by atoms with E-state index in [0.717, 1.165) is 42.4 Å². The summed E-state index contributed by atoms with van der Waals surface area (Å²) in [4.78, 5) is 6.78. The quantitative estimate of drug-likeness (QED) is 0.850. The van der Waals surface area contributed by atoms with Gasteiger partial charge in [-0.2, -0.15) is 0 Å². The lowest BCUT2D eigenvalue weighted by atomic mass is 9.97. The zero-order valence-corrected chi connectivity index (χ0v) is 13.0. The first-order valence-electron chi connectivity index (χ1n) is 7.81. The Kier molecular flexibility index (Phi) is 3.66. The minimum Gasteiger partial charge on any atom is -0.368 e. The number of pyridine rings is 1. The summed E-state index contributed by atoms with van der Waals surface area (Å²) in [6.07, 6.45) is 9.00. The van der Waals surface area contributed by atoms with Crippen LogP contribution in [-0.2, 0) is 0 Å². The topological polar surface area (TPSA) is 28.2 Å². The molecule has 3 nitrogen and oxygen atoms in total. The van der Waals surface area contributed by atoms with Crippen LogP contribution in [0.25, 0.3) is 5.57 Å². The highest BCUT2D eigenvalue weighted by Gasteiger charge is 2.32. The number of aromatic nitrogens is 1. The number of piperidine rings is 1. The van der Waals surface area contributed by atoms with E-state index in [1.165, 1.54) is 12.5 Å². The maximum absolute atomic E-state index is 13.4. The van der Waals surface area contributed by atoms with Crippen molar-refractivity contribution >= 4 is 22.9 Å². The Bertz CT molecular complexity index is 618. The lowest BCUT2D eigenvalue weighted by Crippen LogP contribution is -2.41. The Morgan fingerprint density at radius 2 is 2.23 bits per heavy atom. The molecule has 2 fully saturated rings. The molecule has 3 aliphatic rings. The highest BCUT2D eigenvalue weighted by atomic mass is 35.5. The molecular formula is C17H19ClFN3. The molecule has 1 aromatic heterocycles. The molecule has 0 aromatic carbocycles. The van der Waals surface area contributed by atoms with Gasteiger partial charge in [0.15, 0.2) is 0 Å². The average molecular weight is 320 g/mol. The Hall–Kier alpha value is -1.39. The lowest BCUT2D eigenvalue weighted by molar-refractivity contribution is 0.406. The third kappa shape index (κ3) is 2.66. The summed E-state index contributed by atoms with van der Waals surface area (Å²) >= 11 is 6.00. The number of alkyl halides is 2. The van der Waals surface area contributed by atoms with Gasteiger partial charge in [0.1, 0.15) is 6.17 Å². The van der Waals surface area contributed by atoms with E-state index in [1.54, 1.807) is 12.2 Å². The summed E-state index contributed by atoms with van der Waals surface area (Å²) in [6, 6.07) is 2.73. The fourth-order valence-electron chi connectivity index (χ4n) is 3.62. The third-order valence-electron chi connectivity index (χ3n) is 4.76. The second-order valence-corrected chi connectivity index (χ2v) is 6.92. The van der Waals surface area contributed by atoms with Crippen molar-refractivity contribution in [1.82, 2.24) is 10.3 Å². The van der Waals surface area contributed by atoms with Gasteiger partial charge in [-0.15, -0.1) is 11.6 Å². The average Bonchev–Trinajstić information content (AvgIpc) is 2.88. The summed E-state index contributed by atoms with van der Waals surface area (Å²) < 4.78 is 13.4. The lowest BCUT2D eigenvalue weighted by Gasteiger charge is -2.33. The molecule has 1 aliphatic carbocycles. The third-order valence-corrected chi connectivity index (χ3v) is 5.12. The number of nitrogens with one attached hydrogen (secondary N) is 1. The van der Waals surface area contributed by atoms with Gasteiger partial charge in [0.25, 0.3) is 0 Å². The highest BCUT2D eigenvalue weighted by molar-refractivity contribution is 6.23. The number of nitrogens with zero attached hydrogens (tertiary/aromatic N) is 2. The van der Waals surface area contributed by atoms with E-state index in [-0.39, 0.29) is 0 Å². The number of halogens is 2. The SMILES string of the molecule is FC1C=CC(c2cncc(N3CC4CNC(C4)C3)c2)=CC1Cl. The van der Waals surface area contributed by atoms with Gasteiger partial charge in [-0.1, -0.05) is 12.2 Å². The van der Waals surface area contributed by atoms with Crippen LogP contribution in [0.1, 0.15) is 12.0 Å². The molecule has 4 atom stereocenters. The molecule has 2 bridgehead atoms. The molecule has 0 radical (unpaired) electrons. The molecule has 0 spiro atoms. The molecular weight excluding hydrogens is 301 g/mol. The van der Waals surface area contributed by atoms with Crippen molar-refractivity contribution in [3.8, 4) is 0 Å². The summed E-state index contributed by atoms with van der Waals surface area (Å²) in [5.74, 6) is 0.732. The van der Waals surface area contributed by atoms with Crippen LogP contribution in [0.5, 0.6) is 0 Å². The van der Waals surface area contributed by atoms with E-state index in [4.69, 9.17) is 11.6 Å². The van der Waals surface area contributed by atoms with Crippen molar-refractivity contribution in [3.63, 3.8) is 0 Å². The Balaban J connectivity index is 1.59. The number of anilines is 1. The first kappa shape index (κ1) is 14.2. The van der Waals surface area contributed by atoms with Crippen LogP contribution in [0.4, 0.5) is 10.1 Å². The van der Waals surface area contributed by atoms with Crippen LogP contribution >= 0.6 is 11.6 Å². The fourth-order valence-corrected chi connectivity index (χ4v) is 3.84. The molecule has 3 heterocycles. The van der Waals surface area contributed by atoms with Crippen LogP contribution in [-0.4, -0.2) is 42.2 Å². The van der Waals surface area contributed by atoms with Gasteiger partial charge >= 0.3 is 0 Å². The van der Waals surface area contributed by atoms with Crippen molar-refractivity contribution in [2.24, 2.45) is 5.92 Å². The predicted octanol–water partition coefficient (Wildman–Crippen LogP) is 2.78. The molecule has 116 valence electrons. The molecule has 4 unspecified atom stereocenters. The van der Waals surface area contributed by atoms with Gasteiger partial charge in [0.2, 0.25) is 0 Å². The van der Waals surface area contributed by atoms with E-state index >= 15 is 0 Å². The molecule has 1 aromatic rings. The van der Waals surface area contributed by atoms with Crippen LogP contribution in [0, 0.1) is 5.92 Å². The van der Waals surface area contributed by atoms with Crippen LogP contribution in [0.2, 0.25) is 0 Å². The minimum absolute atomic E-state index is 0.593. The Labute approximate surface area is 134 Å². The maximum atomic E-state index is 13.4. The highest BCUT2D eigenvalue weighted by Crippen LogP contribution is 2.30. The van der Waals surface area contributed by atoms with E-state index in [9.17, 15) is 4.39 Å². The van der Waals surface area contributed by atoms with Gasteiger partial charge in [-0.25, -0.2) is 4.39 Å². The van der Waals surface area contributed by atoms with Crippen molar-refractivity contribution in [1.29, 1.82) is 0 Å². The summed E-state index contributed by atoms with van der Waals surface area (Å²) in [7, 11) is 0. The van der Waals surface area contributed by atoms with E-state index in [1.807, 2.05) is 12.4 Å². The molecule has 2 aliphatic heterocycles. The van der Waals surface area contributed by atoms with Gasteiger partial charge in [0, 0.05) is 37.4 Å². The molecule has 4 rings (SSSR count). The van der Waals surface area contributed by atoms with Crippen LogP contribution in [0.15, 0.2) is 36.7 Å². The first-order chi connectivity index (χ1) is 10.7. The zero-order chi connectivity index (χ0) is 15.1. The van der Waals surface area contributed by atoms with Crippen molar-refractivity contribution in [2.75, 3.05) is 24.5 Å². The monoisotopic (exact) mass is 319 g/mol. The molecule has 22 heavy (non-hydrogen) atoms. The zero-order valence-electron chi connectivity index (χ0n) is 12.3. The van der Waals surface area contributed by atoms with Crippen molar-refractivity contribution < 1.29 is 4.39 Å². The Morgan fingerprint density at radius 1 is 1.32 bits per heavy atom. The number of hydrogen-bond acceptors (Lipinski definition) is 3. The molecule has 1 N–H and O–H groups in total. The van der Waals surface area contributed by atoms with E-state index in [2.05, 4.69) is 21.3 Å². The van der Waals surface area contributed by atoms with Crippen molar-refractivity contribution in [3.05, 3.63) is 42.3 Å². The Morgan fingerprint density at radius 3 is 3.05 bits per heavy atom. The normalized spacial score (nSPS) is 33.9. The first-order valence-corrected chi connectivity index (χ1v) is 8.24. The molecule has 5 heteroatoms. The largest absolute Gasteiger partial charge is 0.368 e. The van der Waals surface area contributed by atoms with E-state index in [0.29, 0.717) is 6.04 Å². The molecule has 0 amide bonds. The van der Waals surface area contributed by atoms with E-state index < -0.39 is 11.5 Å². The molecule has 2 saturated heterocycles. The number of rotatable bonds is 2.